The summed E-state index contributed by atoms with van der Waals surface area (Å²) in [7, 11) is 0.316. The van der Waals surface area contributed by atoms with Gasteiger partial charge in [-0.25, -0.2) is 12.7 Å². The van der Waals surface area contributed by atoms with Crippen molar-refractivity contribution in [2.24, 2.45) is 10.9 Å². The number of nitrogens with zero attached hydrogens (tertiary/aromatic N) is 4. The van der Waals surface area contributed by atoms with E-state index in [1.165, 1.54) is 6.26 Å². The van der Waals surface area contributed by atoms with Gasteiger partial charge in [0, 0.05) is 66.5 Å². The van der Waals surface area contributed by atoms with Gasteiger partial charge in [-0.1, -0.05) is 0 Å². The second kappa shape index (κ2) is 11.7. The largest absolute Gasteiger partial charge is 0.383 e. The maximum Gasteiger partial charge on any atom is 0.234 e. The molecule has 2 fully saturated rings. The van der Waals surface area contributed by atoms with Crippen LogP contribution in [0.2, 0.25) is 0 Å². The summed E-state index contributed by atoms with van der Waals surface area (Å²) >= 11 is 0. The summed E-state index contributed by atoms with van der Waals surface area (Å²) in [5.41, 5.74) is 0. The fourth-order valence-electron chi connectivity index (χ4n) is 3.68. The van der Waals surface area contributed by atoms with Gasteiger partial charge in [0.2, 0.25) is 15.9 Å². The van der Waals surface area contributed by atoms with Crippen molar-refractivity contribution in [2.75, 3.05) is 85.9 Å². The quantitative estimate of drug-likeness (QED) is 0.276. The molecule has 0 unspecified atom stereocenters. The van der Waals surface area contributed by atoms with E-state index >= 15 is 0 Å². The van der Waals surface area contributed by atoms with E-state index in [-0.39, 0.29) is 5.91 Å². The Kier molecular flexibility index (Phi) is 9.60. The van der Waals surface area contributed by atoms with Crippen LogP contribution in [0, 0.1) is 5.92 Å². The summed E-state index contributed by atoms with van der Waals surface area (Å²) in [4.78, 5) is 20.7. The van der Waals surface area contributed by atoms with Crippen molar-refractivity contribution >= 4 is 21.9 Å². The van der Waals surface area contributed by atoms with Crippen LogP contribution in [0.5, 0.6) is 0 Å². The normalized spacial score (nSPS) is 20.7. The fourth-order valence-corrected chi connectivity index (χ4v) is 4.56. The first kappa shape index (κ1) is 23.8. The number of hydrogen-bond acceptors (Lipinski definition) is 6. The van der Waals surface area contributed by atoms with Crippen LogP contribution < -0.4 is 10.6 Å². The molecule has 2 aliphatic rings. The molecule has 0 aromatic rings. The summed E-state index contributed by atoms with van der Waals surface area (Å²) in [5.74, 6) is 1.35. The zero-order chi connectivity index (χ0) is 21.3. The fraction of sp³-hybridized carbons (Fsp3) is 0.889. The molecular weight excluding hydrogens is 396 g/mol. The molecule has 2 aliphatic heterocycles. The van der Waals surface area contributed by atoms with Gasteiger partial charge in [-0.2, -0.15) is 0 Å². The van der Waals surface area contributed by atoms with Crippen LogP contribution in [-0.4, -0.2) is 120 Å². The molecule has 0 radical (unpaired) electrons. The van der Waals surface area contributed by atoms with Crippen LogP contribution in [0.4, 0.5) is 0 Å². The Morgan fingerprint density at radius 3 is 2.31 bits per heavy atom. The standard InChI is InChI=1S/C18H36N6O4S/c1-19-18(21-14-16-4-7-24(8-5-16)29(3,26)27)23-11-9-22(10-12-23)15-17(25)20-6-13-28-2/h16H,4-15H2,1-3H3,(H,19,21)(H,20,25). The number of hydrogen-bond donors (Lipinski definition) is 2. The van der Waals surface area contributed by atoms with Crippen molar-refractivity contribution in [3.63, 3.8) is 0 Å². The third-order valence-electron chi connectivity index (χ3n) is 5.47. The van der Waals surface area contributed by atoms with Gasteiger partial charge in [0.25, 0.3) is 0 Å². The number of piperidine rings is 1. The minimum absolute atomic E-state index is 0.0263. The molecule has 11 heteroatoms. The minimum Gasteiger partial charge on any atom is -0.383 e. The topological polar surface area (TPSA) is 107 Å². The molecule has 1 amide bonds. The molecule has 0 atom stereocenters. The predicted octanol–water partition coefficient (Wildman–Crippen LogP) is -1.39. The monoisotopic (exact) mass is 432 g/mol. The van der Waals surface area contributed by atoms with E-state index in [0.717, 1.165) is 51.5 Å². The molecule has 2 heterocycles. The number of ether oxygens (including phenoxy) is 1. The third kappa shape index (κ3) is 8.07. The van der Waals surface area contributed by atoms with Gasteiger partial charge in [-0.3, -0.25) is 14.7 Å². The Bertz CT molecular complexity index is 641. The molecule has 0 aromatic heterocycles. The van der Waals surface area contributed by atoms with Crippen LogP contribution in [0.1, 0.15) is 12.8 Å². The number of rotatable bonds is 8. The van der Waals surface area contributed by atoms with E-state index in [1.54, 1.807) is 18.5 Å². The van der Waals surface area contributed by atoms with Crippen molar-refractivity contribution in [2.45, 2.75) is 12.8 Å². The number of guanidine groups is 1. The predicted molar refractivity (Wildman–Crippen MR) is 113 cm³/mol. The SMILES string of the molecule is CN=C(NCC1CCN(S(C)(=O)=O)CC1)N1CCN(CC(=O)NCCOC)CC1. The molecule has 10 nitrogen and oxygen atoms in total. The molecule has 0 aromatic carbocycles. The van der Waals surface area contributed by atoms with Crippen molar-refractivity contribution in [3.8, 4) is 0 Å². The summed E-state index contributed by atoms with van der Waals surface area (Å²) in [6.07, 6.45) is 3.00. The molecule has 2 rings (SSSR count). The average molecular weight is 433 g/mol. The summed E-state index contributed by atoms with van der Waals surface area (Å²) in [5, 5.41) is 6.30. The highest BCUT2D eigenvalue weighted by atomic mass is 32.2. The lowest BCUT2D eigenvalue weighted by molar-refractivity contribution is -0.122. The molecule has 2 saturated heterocycles. The van der Waals surface area contributed by atoms with E-state index in [2.05, 4.69) is 25.4 Å². The van der Waals surface area contributed by atoms with Gasteiger partial charge in [-0.15, -0.1) is 0 Å². The number of amides is 1. The van der Waals surface area contributed by atoms with Crippen molar-refractivity contribution in [1.29, 1.82) is 0 Å². The number of methoxy groups -OCH3 is 1. The van der Waals surface area contributed by atoms with Gasteiger partial charge < -0.3 is 20.3 Å². The van der Waals surface area contributed by atoms with Crippen molar-refractivity contribution in [3.05, 3.63) is 0 Å². The Morgan fingerprint density at radius 2 is 1.76 bits per heavy atom. The maximum absolute atomic E-state index is 11.9. The van der Waals surface area contributed by atoms with Gasteiger partial charge in [0.1, 0.15) is 0 Å². The first-order valence-corrected chi connectivity index (χ1v) is 12.1. The van der Waals surface area contributed by atoms with Crippen molar-refractivity contribution < 1.29 is 17.9 Å². The summed E-state index contributed by atoms with van der Waals surface area (Å²) < 4.78 is 29.7. The zero-order valence-electron chi connectivity index (χ0n) is 17.9. The molecule has 0 spiro atoms. The second-order valence-corrected chi connectivity index (χ2v) is 9.62. The smallest absolute Gasteiger partial charge is 0.234 e. The van der Waals surface area contributed by atoms with E-state index in [9.17, 15) is 13.2 Å². The number of sulfonamides is 1. The number of carbonyl (C=O) groups excluding carboxylic acids is 1. The van der Waals surface area contributed by atoms with E-state index in [4.69, 9.17) is 4.74 Å². The van der Waals surface area contributed by atoms with Gasteiger partial charge in [-0.05, 0) is 18.8 Å². The molecule has 29 heavy (non-hydrogen) atoms. The Morgan fingerprint density at radius 1 is 1.10 bits per heavy atom. The van der Waals surface area contributed by atoms with Crippen LogP contribution in [0.15, 0.2) is 4.99 Å². The first-order chi connectivity index (χ1) is 13.8. The van der Waals surface area contributed by atoms with Gasteiger partial charge in [0.15, 0.2) is 5.96 Å². The lowest BCUT2D eigenvalue weighted by Gasteiger charge is -2.37. The van der Waals surface area contributed by atoms with E-state index < -0.39 is 10.0 Å². The first-order valence-electron chi connectivity index (χ1n) is 10.2. The zero-order valence-corrected chi connectivity index (χ0v) is 18.7. The number of nitrogens with one attached hydrogen (secondary N) is 2. The molecule has 0 aliphatic carbocycles. The molecule has 0 saturated carbocycles. The summed E-state index contributed by atoms with van der Waals surface area (Å²) in [6, 6.07) is 0. The second-order valence-electron chi connectivity index (χ2n) is 7.64. The molecular formula is C18H36N6O4S. The van der Waals surface area contributed by atoms with Crippen LogP contribution in [0.3, 0.4) is 0 Å². The van der Waals surface area contributed by atoms with Gasteiger partial charge >= 0.3 is 0 Å². The van der Waals surface area contributed by atoms with Crippen LogP contribution in [0.25, 0.3) is 0 Å². The van der Waals surface area contributed by atoms with Gasteiger partial charge in [0.05, 0.1) is 19.4 Å². The third-order valence-corrected chi connectivity index (χ3v) is 6.77. The average Bonchev–Trinajstić information content (AvgIpc) is 2.69. The lowest BCUT2D eigenvalue weighted by atomic mass is 9.98. The van der Waals surface area contributed by atoms with E-state index in [0.29, 0.717) is 38.7 Å². The highest BCUT2D eigenvalue weighted by Gasteiger charge is 2.26. The lowest BCUT2D eigenvalue weighted by Crippen LogP contribution is -2.54. The Hall–Kier alpha value is -1.43. The van der Waals surface area contributed by atoms with Crippen LogP contribution >= 0.6 is 0 Å². The molecule has 168 valence electrons. The Balaban J connectivity index is 1.68. The van der Waals surface area contributed by atoms with E-state index in [1.807, 2.05) is 0 Å². The van der Waals surface area contributed by atoms with Crippen molar-refractivity contribution in [1.82, 2.24) is 24.7 Å². The van der Waals surface area contributed by atoms with Crippen LogP contribution in [-0.2, 0) is 19.6 Å². The number of carbonyl (C=O) groups is 1. The highest BCUT2D eigenvalue weighted by molar-refractivity contribution is 7.88. The number of aliphatic imine (C=N–C) groups is 1. The minimum atomic E-state index is -3.08. The molecule has 0 bridgehead atoms. The highest BCUT2D eigenvalue weighted by Crippen LogP contribution is 2.18. The Labute approximate surface area is 174 Å². The number of piperazine rings is 1. The summed E-state index contributed by atoms with van der Waals surface area (Å²) in [6.45, 7) is 6.70. The molecule has 2 N–H and O–H groups in total. The maximum atomic E-state index is 11.9.